The molecule has 7 heteroatoms. The third kappa shape index (κ3) is 6.95. The zero-order valence-corrected chi connectivity index (χ0v) is 13.9. The lowest BCUT2D eigenvalue weighted by Gasteiger charge is -2.19. The van der Waals surface area contributed by atoms with E-state index >= 15 is 0 Å². The van der Waals surface area contributed by atoms with Crippen LogP contribution in [0.1, 0.15) is 32.9 Å². The number of nitriles is 1. The van der Waals surface area contributed by atoms with Crippen molar-refractivity contribution in [2.45, 2.75) is 32.8 Å². The third-order valence-corrected chi connectivity index (χ3v) is 2.61. The van der Waals surface area contributed by atoms with Crippen molar-refractivity contribution < 1.29 is 14.3 Å². The number of amides is 1. The number of halogens is 1. The monoisotopic (exact) mass is 355 g/mol. The number of nitrogens with zero attached hydrogens (tertiary/aromatic N) is 2. The number of rotatable bonds is 5. The van der Waals surface area contributed by atoms with Gasteiger partial charge in [-0.25, -0.2) is 9.78 Å². The zero-order valence-electron chi connectivity index (χ0n) is 12.3. The summed E-state index contributed by atoms with van der Waals surface area (Å²) in [6.07, 6.45) is 1.68. The maximum absolute atomic E-state index is 11.4. The van der Waals surface area contributed by atoms with E-state index < -0.39 is 11.7 Å². The highest BCUT2D eigenvalue weighted by Gasteiger charge is 2.15. The summed E-state index contributed by atoms with van der Waals surface area (Å²) in [5, 5.41) is 11.5. The van der Waals surface area contributed by atoms with Crippen LogP contribution in [0.15, 0.2) is 16.7 Å². The molecule has 0 radical (unpaired) electrons. The van der Waals surface area contributed by atoms with E-state index in [9.17, 15) is 4.79 Å². The first kappa shape index (κ1) is 17.2. The molecule has 0 unspecified atom stereocenters. The van der Waals surface area contributed by atoms with Crippen molar-refractivity contribution in [3.05, 3.63) is 22.4 Å². The fourth-order valence-electron chi connectivity index (χ4n) is 1.37. The number of hydrogen-bond acceptors (Lipinski definition) is 5. The number of hydrogen-bond donors (Lipinski definition) is 1. The van der Waals surface area contributed by atoms with Gasteiger partial charge in [0.15, 0.2) is 11.4 Å². The normalized spacial score (nSPS) is 10.6. The van der Waals surface area contributed by atoms with E-state index in [0.717, 1.165) is 4.47 Å². The Hall–Kier alpha value is -1.81. The van der Waals surface area contributed by atoms with E-state index in [1.165, 1.54) is 6.20 Å². The van der Waals surface area contributed by atoms with Crippen LogP contribution >= 0.6 is 15.9 Å². The molecule has 1 amide bonds. The third-order valence-electron chi connectivity index (χ3n) is 2.17. The lowest BCUT2D eigenvalue weighted by atomic mass is 10.2. The molecule has 0 atom stereocenters. The molecule has 0 aliphatic rings. The molecule has 0 aliphatic heterocycles. The number of ether oxygens (including phenoxy) is 2. The van der Waals surface area contributed by atoms with Gasteiger partial charge in [0, 0.05) is 17.2 Å². The fraction of sp³-hybridized carbons (Fsp3) is 0.500. The van der Waals surface area contributed by atoms with Gasteiger partial charge in [-0.05, 0) is 49.2 Å². The molecule has 0 fully saturated rings. The minimum Gasteiger partial charge on any atom is -0.490 e. The summed E-state index contributed by atoms with van der Waals surface area (Å²) in [6, 6.07) is 3.65. The highest BCUT2D eigenvalue weighted by Crippen LogP contribution is 2.20. The minimum absolute atomic E-state index is 0.235. The maximum Gasteiger partial charge on any atom is 0.407 e. The van der Waals surface area contributed by atoms with Crippen LogP contribution in [0.3, 0.4) is 0 Å². The molecule has 1 aromatic rings. The Balaban J connectivity index is 2.31. The molecule has 1 N–H and O–H groups in total. The largest absolute Gasteiger partial charge is 0.490 e. The Morgan fingerprint density at radius 2 is 2.24 bits per heavy atom. The van der Waals surface area contributed by atoms with E-state index in [4.69, 9.17) is 14.7 Å². The molecule has 0 aliphatic carbocycles. The van der Waals surface area contributed by atoms with Gasteiger partial charge in [0.2, 0.25) is 0 Å². The zero-order chi connectivity index (χ0) is 15.9. The first-order valence-electron chi connectivity index (χ1n) is 6.47. The molecule has 1 rings (SSSR count). The van der Waals surface area contributed by atoms with Crippen molar-refractivity contribution in [1.29, 1.82) is 5.26 Å². The van der Waals surface area contributed by atoms with Crippen LogP contribution in [0.2, 0.25) is 0 Å². The molecule has 114 valence electrons. The van der Waals surface area contributed by atoms with Crippen molar-refractivity contribution in [3.8, 4) is 11.8 Å². The van der Waals surface area contributed by atoms with Gasteiger partial charge in [0.05, 0.1) is 6.61 Å². The second-order valence-electron chi connectivity index (χ2n) is 5.24. The number of alkyl carbamates (subject to hydrolysis) is 1. The first-order valence-corrected chi connectivity index (χ1v) is 7.26. The maximum atomic E-state index is 11.4. The first-order chi connectivity index (χ1) is 9.81. The Morgan fingerprint density at radius 3 is 2.86 bits per heavy atom. The van der Waals surface area contributed by atoms with Crippen LogP contribution in [0.25, 0.3) is 0 Å². The second-order valence-corrected chi connectivity index (χ2v) is 6.16. The fourth-order valence-corrected chi connectivity index (χ4v) is 1.68. The number of carbonyl (C=O) groups is 1. The van der Waals surface area contributed by atoms with E-state index in [-0.39, 0.29) is 5.69 Å². The quantitative estimate of drug-likeness (QED) is 0.820. The molecule has 0 bridgehead atoms. The van der Waals surface area contributed by atoms with Crippen LogP contribution in [-0.2, 0) is 4.74 Å². The van der Waals surface area contributed by atoms with Gasteiger partial charge < -0.3 is 14.8 Å². The smallest absolute Gasteiger partial charge is 0.407 e. The highest BCUT2D eigenvalue weighted by molar-refractivity contribution is 9.10. The van der Waals surface area contributed by atoms with Gasteiger partial charge in [-0.2, -0.15) is 5.26 Å². The van der Waals surface area contributed by atoms with E-state index in [0.29, 0.717) is 25.3 Å². The minimum atomic E-state index is -0.510. The van der Waals surface area contributed by atoms with Gasteiger partial charge in [0.1, 0.15) is 11.7 Å². The molecular formula is C14H18BrN3O3. The average Bonchev–Trinajstić information content (AvgIpc) is 2.36. The molecule has 0 saturated carbocycles. The molecular weight excluding hydrogens is 338 g/mol. The van der Waals surface area contributed by atoms with Crippen molar-refractivity contribution >= 4 is 22.0 Å². The van der Waals surface area contributed by atoms with Crippen LogP contribution < -0.4 is 10.1 Å². The van der Waals surface area contributed by atoms with Crippen LogP contribution in [0.4, 0.5) is 4.79 Å². The summed E-state index contributed by atoms with van der Waals surface area (Å²) >= 11 is 3.27. The van der Waals surface area contributed by atoms with Crippen molar-refractivity contribution in [1.82, 2.24) is 10.3 Å². The second kappa shape index (κ2) is 7.84. The van der Waals surface area contributed by atoms with E-state index in [1.54, 1.807) is 26.8 Å². The molecule has 1 heterocycles. The molecule has 0 aromatic carbocycles. The molecule has 0 saturated heterocycles. The number of nitrogens with one attached hydrogen (secondary N) is 1. The highest BCUT2D eigenvalue weighted by atomic mass is 79.9. The van der Waals surface area contributed by atoms with Crippen molar-refractivity contribution in [2.75, 3.05) is 13.2 Å². The topological polar surface area (TPSA) is 84.2 Å². The SMILES string of the molecule is CC(C)(C)OC(=O)NCCCOc1cc(Br)cnc1C#N. The van der Waals surface area contributed by atoms with E-state index in [2.05, 4.69) is 26.2 Å². The summed E-state index contributed by atoms with van der Waals surface area (Å²) in [6.45, 7) is 6.21. The lowest BCUT2D eigenvalue weighted by Crippen LogP contribution is -2.33. The number of carbonyl (C=O) groups excluding carboxylic acids is 1. The predicted octanol–water partition coefficient (Wildman–Crippen LogP) is 3.01. The summed E-state index contributed by atoms with van der Waals surface area (Å²) in [7, 11) is 0. The Bertz CT molecular complexity index is 535. The standard InChI is InChI=1S/C14H18BrN3O3/c1-14(2,3)21-13(19)17-5-4-6-20-12-7-10(15)9-18-11(12)8-16/h7,9H,4-6H2,1-3H3,(H,17,19). The summed E-state index contributed by atoms with van der Waals surface area (Å²) in [5.41, 5.74) is -0.275. The van der Waals surface area contributed by atoms with Gasteiger partial charge in [-0.1, -0.05) is 0 Å². The Morgan fingerprint density at radius 1 is 1.52 bits per heavy atom. The number of aromatic nitrogens is 1. The number of pyridine rings is 1. The summed E-state index contributed by atoms with van der Waals surface area (Å²) in [5.74, 6) is 0.421. The molecule has 21 heavy (non-hydrogen) atoms. The molecule has 6 nitrogen and oxygen atoms in total. The van der Waals surface area contributed by atoms with Crippen molar-refractivity contribution in [2.24, 2.45) is 0 Å². The van der Waals surface area contributed by atoms with Crippen LogP contribution in [-0.4, -0.2) is 29.8 Å². The van der Waals surface area contributed by atoms with Gasteiger partial charge >= 0.3 is 6.09 Å². The van der Waals surface area contributed by atoms with E-state index in [1.807, 2.05) is 6.07 Å². The Labute approximate surface area is 132 Å². The summed E-state index contributed by atoms with van der Waals surface area (Å²) in [4.78, 5) is 15.3. The molecule has 1 aromatic heterocycles. The van der Waals surface area contributed by atoms with Gasteiger partial charge in [-0.15, -0.1) is 0 Å². The lowest BCUT2D eigenvalue weighted by molar-refractivity contribution is 0.0525. The van der Waals surface area contributed by atoms with Crippen molar-refractivity contribution in [3.63, 3.8) is 0 Å². The molecule has 0 spiro atoms. The summed E-state index contributed by atoms with van der Waals surface area (Å²) < 4.78 is 11.3. The predicted molar refractivity (Wildman–Crippen MR) is 81.0 cm³/mol. The van der Waals surface area contributed by atoms with Crippen LogP contribution in [0.5, 0.6) is 5.75 Å². The average molecular weight is 356 g/mol. The Kier molecular flexibility index (Phi) is 6.43. The van der Waals surface area contributed by atoms with Gasteiger partial charge in [0.25, 0.3) is 0 Å². The van der Waals surface area contributed by atoms with Gasteiger partial charge in [-0.3, -0.25) is 0 Å². The van der Waals surface area contributed by atoms with Crippen LogP contribution in [0, 0.1) is 11.3 Å².